The highest BCUT2D eigenvalue weighted by atomic mass is 79.9. The maximum absolute atomic E-state index is 9.63. The second-order valence-electron chi connectivity index (χ2n) is 3.39. The molecule has 0 bridgehead atoms. The minimum atomic E-state index is 0.101. The van der Waals surface area contributed by atoms with Crippen LogP contribution in [0.2, 0.25) is 5.02 Å². The lowest BCUT2D eigenvalue weighted by atomic mass is 10.0. The molecule has 0 amide bonds. The number of rotatable bonds is 3. The second kappa shape index (κ2) is 5.01. The third-order valence-corrected chi connectivity index (χ3v) is 2.73. The van der Waals surface area contributed by atoms with Crippen LogP contribution in [0.5, 0.6) is 5.75 Å². The molecule has 1 rings (SSSR count). The summed E-state index contributed by atoms with van der Waals surface area (Å²) < 4.78 is 0.834. The molecule has 78 valence electrons. The maximum Gasteiger partial charge on any atom is 0.137 e. The van der Waals surface area contributed by atoms with Crippen molar-refractivity contribution < 1.29 is 10.2 Å². The Morgan fingerprint density at radius 2 is 2.14 bits per heavy atom. The first-order valence-corrected chi connectivity index (χ1v) is 5.49. The predicted octanol–water partition coefficient (Wildman–Crippen LogP) is 2.98. The summed E-state index contributed by atoms with van der Waals surface area (Å²) in [6, 6.07) is 3.46. The van der Waals surface area contributed by atoms with E-state index in [1.165, 1.54) is 0 Å². The molecule has 0 spiro atoms. The molecule has 14 heavy (non-hydrogen) atoms. The van der Waals surface area contributed by atoms with Gasteiger partial charge in [-0.05, 0) is 30.0 Å². The Hall–Kier alpha value is -0.250. The Morgan fingerprint density at radius 1 is 1.50 bits per heavy atom. The van der Waals surface area contributed by atoms with Crippen molar-refractivity contribution in [1.29, 1.82) is 0 Å². The number of phenols is 1. The number of aliphatic hydroxyl groups excluding tert-OH is 1. The van der Waals surface area contributed by atoms with E-state index in [1.54, 1.807) is 6.07 Å². The smallest absolute Gasteiger partial charge is 0.137 e. The van der Waals surface area contributed by atoms with Gasteiger partial charge in [-0.2, -0.15) is 0 Å². The van der Waals surface area contributed by atoms with E-state index in [9.17, 15) is 5.11 Å². The molecule has 0 saturated carbocycles. The van der Waals surface area contributed by atoms with Crippen LogP contribution in [0.15, 0.2) is 16.6 Å². The van der Waals surface area contributed by atoms with Gasteiger partial charge in [0.25, 0.3) is 0 Å². The number of benzene rings is 1. The highest BCUT2D eigenvalue weighted by molar-refractivity contribution is 9.10. The van der Waals surface area contributed by atoms with E-state index in [1.807, 2.05) is 13.0 Å². The Kier molecular flexibility index (Phi) is 4.23. The van der Waals surface area contributed by atoms with E-state index >= 15 is 0 Å². The van der Waals surface area contributed by atoms with Crippen LogP contribution in [0, 0.1) is 5.92 Å². The van der Waals surface area contributed by atoms with Gasteiger partial charge < -0.3 is 10.2 Å². The molecule has 0 aliphatic rings. The lowest BCUT2D eigenvalue weighted by Gasteiger charge is -2.10. The zero-order valence-electron chi connectivity index (χ0n) is 7.80. The molecule has 0 aliphatic heterocycles. The average molecular weight is 280 g/mol. The molecule has 4 heteroatoms. The van der Waals surface area contributed by atoms with Crippen molar-refractivity contribution in [2.45, 2.75) is 13.3 Å². The van der Waals surface area contributed by atoms with Crippen LogP contribution in [0.1, 0.15) is 12.5 Å². The summed E-state index contributed by atoms with van der Waals surface area (Å²) in [5.74, 6) is 0.224. The highest BCUT2D eigenvalue weighted by Crippen LogP contribution is 2.32. The number of phenolic OH excluding ortho intramolecular Hbond substituents is 1. The van der Waals surface area contributed by atoms with Gasteiger partial charge in [0.15, 0.2) is 0 Å². The van der Waals surface area contributed by atoms with Crippen molar-refractivity contribution in [1.82, 2.24) is 0 Å². The van der Waals surface area contributed by atoms with Crippen molar-refractivity contribution in [2.75, 3.05) is 6.61 Å². The van der Waals surface area contributed by atoms with Gasteiger partial charge in [-0.25, -0.2) is 0 Å². The molecule has 0 aliphatic carbocycles. The van der Waals surface area contributed by atoms with Crippen LogP contribution in [-0.2, 0) is 6.42 Å². The highest BCUT2D eigenvalue weighted by Gasteiger charge is 2.10. The molecule has 1 atom stereocenters. The van der Waals surface area contributed by atoms with Gasteiger partial charge in [0.2, 0.25) is 0 Å². The van der Waals surface area contributed by atoms with Gasteiger partial charge >= 0.3 is 0 Å². The van der Waals surface area contributed by atoms with Crippen molar-refractivity contribution in [3.05, 3.63) is 27.2 Å². The van der Waals surface area contributed by atoms with Gasteiger partial charge in [-0.3, -0.25) is 0 Å². The van der Waals surface area contributed by atoms with Crippen molar-refractivity contribution >= 4 is 27.5 Å². The molecule has 0 radical (unpaired) electrons. The van der Waals surface area contributed by atoms with Gasteiger partial charge in [0.1, 0.15) is 5.75 Å². The second-order valence-corrected chi connectivity index (χ2v) is 4.71. The maximum atomic E-state index is 9.63. The fraction of sp³-hybridized carbons (Fsp3) is 0.400. The molecule has 0 aromatic heterocycles. The van der Waals surface area contributed by atoms with Gasteiger partial charge in [-0.15, -0.1) is 0 Å². The molecule has 2 N–H and O–H groups in total. The largest absolute Gasteiger partial charge is 0.506 e. The third-order valence-electron chi connectivity index (χ3n) is 1.99. The van der Waals surface area contributed by atoms with Crippen LogP contribution in [0.4, 0.5) is 0 Å². The summed E-state index contributed by atoms with van der Waals surface area (Å²) in [4.78, 5) is 0. The van der Waals surface area contributed by atoms with Crippen LogP contribution in [0.25, 0.3) is 0 Å². The number of hydrogen-bond donors (Lipinski definition) is 2. The van der Waals surface area contributed by atoms with Crippen molar-refractivity contribution in [2.24, 2.45) is 5.92 Å². The molecule has 1 aromatic rings. The standard InChI is InChI=1S/C10H12BrClO2/c1-6(5-13)2-7-3-8(11)4-9(12)10(7)14/h3-4,6,13-14H,2,5H2,1H3. The molecular formula is C10H12BrClO2. The SMILES string of the molecule is CC(CO)Cc1cc(Br)cc(Cl)c1O. The van der Waals surface area contributed by atoms with E-state index in [0.29, 0.717) is 11.4 Å². The Morgan fingerprint density at radius 3 is 2.71 bits per heavy atom. The molecule has 0 saturated heterocycles. The average Bonchev–Trinajstić information content (AvgIpc) is 2.13. The van der Waals surface area contributed by atoms with E-state index in [0.717, 1.165) is 10.0 Å². The van der Waals surface area contributed by atoms with Crippen LogP contribution < -0.4 is 0 Å². The van der Waals surface area contributed by atoms with Crippen molar-refractivity contribution in [3.63, 3.8) is 0 Å². The quantitative estimate of drug-likeness (QED) is 0.893. The van der Waals surface area contributed by atoms with Gasteiger partial charge in [0, 0.05) is 11.1 Å². The summed E-state index contributed by atoms with van der Waals surface area (Å²) >= 11 is 9.10. The molecule has 2 nitrogen and oxygen atoms in total. The molecule has 1 unspecified atom stereocenters. The first-order chi connectivity index (χ1) is 6.54. The number of halogens is 2. The van der Waals surface area contributed by atoms with E-state index in [4.69, 9.17) is 16.7 Å². The summed E-state index contributed by atoms with van der Waals surface area (Å²) in [7, 11) is 0. The Labute approximate surface area is 96.7 Å². The Balaban J connectivity index is 2.96. The van der Waals surface area contributed by atoms with Crippen LogP contribution in [0.3, 0.4) is 0 Å². The topological polar surface area (TPSA) is 40.5 Å². The van der Waals surface area contributed by atoms with Crippen molar-refractivity contribution in [3.8, 4) is 5.75 Å². The van der Waals surface area contributed by atoms with E-state index < -0.39 is 0 Å². The molecule has 0 fully saturated rings. The summed E-state index contributed by atoms with van der Waals surface area (Å²) in [5, 5.41) is 18.9. The number of hydrogen-bond acceptors (Lipinski definition) is 2. The predicted molar refractivity (Wildman–Crippen MR) is 60.8 cm³/mol. The fourth-order valence-electron chi connectivity index (χ4n) is 1.21. The van der Waals surface area contributed by atoms with Crippen LogP contribution in [-0.4, -0.2) is 16.8 Å². The number of aliphatic hydroxyl groups is 1. The van der Waals surface area contributed by atoms with E-state index in [-0.39, 0.29) is 18.3 Å². The lowest BCUT2D eigenvalue weighted by Crippen LogP contribution is -2.04. The third kappa shape index (κ3) is 2.87. The van der Waals surface area contributed by atoms with Gasteiger partial charge in [-0.1, -0.05) is 34.5 Å². The zero-order valence-corrected chi connectivity index (χ0v) is 10.1. The van der Waals surface area contributed by atoms with Crippen LogP contribution >= 0.6 is 27.5 Å². The Bertz CT molecular complexity index is 328. The molecular weight excluding hydrogens is 267 g/mol. The molecule has 1 aromatic carbocycles. The number of aromatic hydroxyl groups is 1. The summed E-state index contributed by atoms with van der Waals surface area (Å²) in [5.41, 5.74) is 0.755. The van der Waals surface area contributed by atoms with E-state index in [2.05, 4.69) is 15.9 Å². The first kappa shape index (κ1) is 11.8. The summed E-state index contributed by atoms with van der Waals surface area (Å²) in [6.07, 6.45) is 0.613. The minimum Gasteiger partial charge on any atom is -0.506 e. The monoisotopic (exact) mass is 278 g/mol. The minimum absolute atomic E-state index is 0.101. The molecule has 0 heterocycles. The first-order valence-electron chi connectivity index (χ1n) is 4.32. The summed E-state index contributed by atoms with van der Waals surface area (Å²) in [6.45, 7) is 2.01. The fourth-order valence-corrected chi connectivity index (χ4v) is 2.09. The normalized spacial score (nSPS) is 12.9. The van der Waals surface area contributed by atoms with Gasteiger partial charge in [0.05, 0.1) is 5.02 Å². The lowest BCUT2D eigenvalue weighted by molar-refractivity contribution is 0.236. The zero-order chi connectivity index (χ0) is 10.7.